The number of fused-ring (bicyclic) bond motifs is 1. The molecule has 3 unspecified atom stereocenters. The summed E-state index contributed by atoms with van der Waals surface area (Å²) in [5.74, 6) is 1.39. The van der Waals surface area contributed by atoms with Crippen molar-refractivity contribution in [1.29, 1.82) is 0 Å². The first-order valence-electron chi connectivity index (χ1n) is 9.27. The monoisotopic (exact) mass is 451 g/mol. The Labute approximate surface area is 163 Å². The van der Waals surface area contributed by atoms with Gasteiger partial charge in [0.1, 0.15) is 0 Å². The van der Waals surface area contributed by atoms with E-state index >= 15 is 0 Å². The zero-order valence-electron chi connectivity index (χ0n) is 15.3. The average Bonchev–Trinajstić information content (AvgIpc) is 2.55. The van der Waals surface area contributed by atoms with E-state index in [-0.39, 0.29) is 29.4 Å². The highest BCUT2D eigenvalue weighted by Gasteiger charge is 2.58. The second kappa shape index (κ2) is 8.08. The van der Waals surface area contributed by atoms with Gasteiger partial charge in [0, 0.05) is 37.6 Å². The SMILES string of the molecule is CN=C(NCC1(O)CCCCC1)NC1C2CCCOC2C1(C)C.I. The fraction of sp³-hybridized carbons (Fsp3) is 0.944. The van der Waals surface area contributed by atoms with Crippen LogP contribution in [0.2, 0.25) is 0 Å². The van der Waals surface area contributed by atoms with Crippen LogP contribution in [0.4, 0.5) is 0 Å². The Balaban J connectivity index is 0.00000208. The Hall–Kier alpha value is -0.0800. The van der Waals surface area contributed by atoms with E-state index in [1.165, 1.54) is 12.8 Å². The van der Waals surface area contributed by atoms with E-state index < -0.39 is 5.60 Å². The van der Waals surface area contributed by atoms with Crippen molar-refractivity contribution in [2.45, 2.75) is 76.5 Å². The summed E-state index contributed by atoms with van der Waals surface area (Å²) in [5.41, 5.74) is -0.439. The third-order valence-corrected chi connectivity index (χ3v) is 6.22. The minimum atomic E-state index is -0.568. The Morgan fingerprint density at radius 3 is 2.58 bits per heavy atom. The van der Waals surface area contributed by atoms with Crippen molar-refractivity contribution < 1.29 is 9.84 Å². The molecule has 3 aliphatic rings. The van der Waals surface area contributed by atoms with E-state index in [9.17, 15) is 5.11 Å². The molecular weight excluding hydrogens is 417 g/mol. The van der Waals surface area contributed by atoms with Crippen molar-refractivity contribution in [2.75, 3.05) is 20.2 Å². The van der Waals surface area contributed by atoms with Gasteiger partial charge in [0.05, 0.1) is 11.7 Å². The van der Waals surface area contributed by atoms with Crippen LogP contribution in [0.3, 0.4) is 0 Å². The number of ether oxygens (including phenoxy) is 1. The number of halogens is 1. The number of guanidine groups is 1. The smallest absolute Gasteiger partial charge is 0.191 e. The highest BCUT2D eigenvalue weighted by atomic mass is 127. The molecule has 3 atom stereocenters. The zero-order valence-corrected chi connectivity index (χ0v) is 17.6. The third-order valence-electron chi connectivity index (χ3n) is 6.22. The van der Waals surface area contributed by atoms with E-state index in [1.54, 1.807) is 7.05 Å². The average molecular weight is 451 g/mol. The molecule has 2 saturated carbocycles. The number of aliphatic imine (C=N–C) groups is 1. The number of hydrogen-bond donors (Lipinski definition) is 3. The van der Waals surface area contributed by atoms with Crippen LogP contribution >= 0.6 is 24.0 Å². The lowest BCUT2D eigenvalue weighted by atomic mass is 9.55. The van der Waals surface area contributed by atoms with Gasteiger partial charge in [-0.05, 0) is 25.7 Å². The Morgan fingerprint density at radius 2 is 1.92 bits per heavy atom. The Kier molecular flexibility index (Phi) is 6.81. The maximum absolute atomic E-state index is 10.6. The summed E-state index contributed by atoms with van der Waals surface area (Å²) in [6, 6.07) is 0.389. The number of hydrogen-bond acceptors (Lipinski definition) is 3. The van der Waals surface area contributed by atoms with Crippen LogP contribution in [0, 0.1) is 11.3 Å². The first-order chi connectivity index (χ1) is 11.0. The summed E-state index contributed by atoms with van der Waals surface area (Å²) in [4.78, 5) is 4.37. The van der Waals surface area contributed by atoms with Crippen LogP contribution in [0.25, 0.3) is 0 Å². The van der Waals surface area contributed by atoms with Crippen molar-refractivity contribution >= 4 is 29.9 Å². The Bertz CT molecular complexity index is 450. The van der Waals surface area contributed by atoms with Gasteiger partial charge in [-0.25, -0.2) is 0 Å². The summed E-state index contributed by atoms with van der Waals surface area (Å²) < 4.78 is 5.97. The van der Waals surface area contributed by atoms with Gasteiger partial charge in [-0.1, -0.05) is 33.1 Å². The van der Waals surface area contributed by atoms with E-state index in [1.807, 2.05) is 0 Å². The zero-order chi connectivity index (χ0) is 16.5. The van der Waals surface area contributed by atoms with Crippen molar-refractivity contribution in [3.05, 3.63) is 0 Å². The lowest BCUT2D eigenvalue weighted by Crippen LogP contribution is -2.71. The van der Waals surface area contributed by atoms with E-state index in [2.05, 4.69) is 29.5 Å². The molecule has 0 bridgehead atoms. The molecule has 3 rings (SSSR count). The molecule has 1 aliphatic heterocycles. The number of nitrogens with zero attached hydrogens (tertiary/aromatic N) is 1. The molecule has 0 spiro atoms. The van der Waals surface area contributed by atoms with Crippen molar-refractivity contribution in [2.24, 2.45) is 16.3 Å². The topological polar surface area (TPSA) is 65.9 Å². The van der Waals surface area contributed by atoms with Gasteiger partial charge in [0.2, 0.25) is 0 Å². The van der Waals surface area contributed by atoms with Crippen LogP contribution < -0.4 is 10.6 Å². The molecule has 1 heterocycles. The molecule has 2 aliphatic carbocycles. The lowest BCUT2D eigenvalue weighted by molar-refractivity contribution is -0.188. The molecule has 6 heteroatoms. The number of aliphatic hydroxyl groups is 1. The molecule has 1 saturated heterocycles. The molecular formula is C18H34IN3O2. The van der Waals surface area contributed by atoms with Crippen molar-refractivity contribution in [1.82, 2.24) is 10.6 Å². The normalized spacial score (nSPS) is 34.3. The van der Waals surface area contributed by atoms with Gasteiger partial charge in [-0.3, -0.25) is 4.99 Å². The summed E-state index contributed by atoms with van der Waals surface area (Å²) in [7, 11) is 1.81. The van der Waals surface area contributed by atoms with Crippen molar-refractivity contribution in [3.8, 4) is 0 Å². The minimum Gasteiger partial charge on any atom is -0.388 e. The predicted molar refractivity (Wildman–Crippen MR) is 108 cm³/mol. The first kappa shape index (κ1) is 20.2. The highest BCUT2D eigenvalue weighted by molar-refractivity contribution is 14.0. The molecule has 0 radical (unpaired) electrons. The van der Waals surface area contributed by atoms with Crippen LogP contribution in [0.15, 0.2) is 4.99 Å². The molecule has 3 N–H and O–H groups in total. The summed E-state index contributed by atoms with van der Waals surface area (Å²) in [6.07, 6.45) is 8.04. The number of nitrogens with one attached hydrogen (secondary N) is 2. The fourth-order valence-corrected chi connectivity index (χ4v) is 4.79. The third kappa shape index (κ3) is 4.01. The second-order valence-electron chi connectivity index (χ2n) is 8.25. The Morgan fingerprint density at radius 1 is 1.21 bits per heavy atom. The van der Waals surface area contributed by atoms with Gasteiger partial charge in [0.25, 0.3) is 0 Å². The molecule has 0 amide bonds. The highest BCUT2D eigenvalue weighted by Crippen LogP contribution is 2.51. The number of rotatable bonds is 3. The molecule has 0 aromatic rings. The second-order valence-corrected chi connectivity index (χ2v) is 8.25. The minimum absolute atomic E-state index is 0. The van der Waals surface area contributed by atoms with Gasteiger partial charge in [0.15, 0.2) is 5.96 Å². The lowest BCUT2D eigenvalue weighted by Gasteiger charge is -2.60. The van der Waals surface area contributed by atoms with E-state index in [0.29, 0.717) is 24.6 Å². The van der Waals surface area contributed by atoms with Crippen LogP contribution in [0.5, 0.6) is 0 Å². The fourth-order valence-electron chi connectivity index (χ4n) is 4.79. The predicted octanol–water partition coefficient (Wildman–Crippen LogP) is 2.67. The molecule has 0 aromatic heterocycles. The van der Waals surface area contributed by atoms with Gasteiger partial charge in [-0.2, -0.15) is 0 Å². The van der Waals surface area contributed by atoms with Crippen LogP contribution in [0.1, 0.15) is 58.8 Å². The summed E-state index contributed by atoms with van der Waals surface area (Å²) in [5, 5.41) is 17.6. The molecule has 5 nitrogen and oxygen atoms in total. The van der Waals surface area contributed by atoms with E-state index in [0.717, 1.165) is 44.7 Å². The molecule has 140 valence electrons. The molecule has 0 aromatic carbocycles. The maximum Gasteiger partial charge on any atom is 0.191 e. The van der Waals surface area contributed by atoms with Gasteiger partial charge < -0.3 is 20.5 Å². The maximum atomic E-state index is 10.6. The van der Waals surface area contributed by atoms with Crippen LogP contribution in [-0.4, -0.2) is 49.0 Å². The largest absolute Gasteiger partial charge is 0.388 e. The summed E-state index contributed by atoms with van der Waals surface area (Å²) >= 11 is 0. The summed E-state index contributed by atoms with van der Waals surface area (Å²) in [6.45, 7) is 6.04. The standard InChI is InChI=1S/C18H33N3O2.HI/c1-17(2)14(13-8-7-11-23-15(13)17)21-16(19-3)20-12-18(22)9-5-4-6-10-18;/h13-15,22H,4-12H2,1-3H3,(H2,19,20,21);1H. The van der Waals surface area contributed by atoms with Gasteiger partial charge in [-0.15, -0.1) is 24.0 Å². The molecule has 24 heavy (non-hydrogen) atoms. The first-order valence-corrected chi connectivity index (χ1v) is 9.27. The van der Waals surface area contributed by atoms with Gasteiger partial charge >= 0.3 is 0 Å². The molecule has 3 fully saturated rings. The van der Waals surface area contributed by atoms with E-state index in [4.69, 9.17) is 4.74 Å². The quantitative estimate of drug-likeness (QED) is 0.351. The van der Waals surface area contributed by atoms with Crippen molar-refractivity contribution in [3.63, 3.8) is 0 Å². The van der Waals surface area contributed by atoms with Crippen LogP contribution in [-0.2, 0) is 4.74 Å².